The van der Waals surface area contributed by atoms with Crippen LogP contribution in [0.15, 0.2) is 0 Å². The van der Waals surface area contributed by atoms with Gasteiger partial charge in [-0.2, -0.15) is 0 Å². The molecule has 6 fully saturated rings. The van der Waals surface area contributed by atoms with Crippen molar-refractivity contribution in [3.05, 3.63) is 0 Å². The first-order chi connectivity index (χ1) is 10.4. The van der Waals surface area contributed by atoms with E-state index >= 15 is 0 Å². The van der Waals surface area contributed by atoms with Gasteiger partial charge in [-0.3, -0.25) is 0 Å². The van der Waals surface area contributed by atoms with Gasteiger partial charge in [0.25, 0.3) is 0 Å². The van der Waals surface area contributed by atoms with E-state index in [1.54, 1.807) is 0 Å². The molecule has 0 radical (unpaired) electrons. The Morgan fingerprint density at radius 2 is 1.77 bits per heavy atom. The van der Waals surface area contributed by atoms with Crippen LogP contribution in [0.2, 0.25) is 0 Å². The van der Waals surface area contributed by atoms with Gasteiger partial charge in [-0.05, 0) is 75.5 Å². The Bertz CT molecular complexity index is 515. The predicted octanol–water partition coefficient (Wildman–Crippen LogP) is 2.46. The maximum absolute atomic E-state index is 12.9. The highest BCUT2D eigenvalue weighted by Crippen LogP contribution is 2.58. The third kappa shape index (κ3) is 1.65. The smallest absolute Gasteiger partial charge is 0.320 e. The summed E-state index contributed by atoms with van der Waals surface area (Å²) in [6.45, 7) is 3.19. The van der Waals surface area contributed by atoms with E-state index in [0.29, 0.717) is 29.7 Å². The Morgan fingerprint density at radius 3 is 2.32 bits per heavy atom. The fourth-order valence-corrected chi connectivity index (χ4v) is 6.73. The maximum Gasteiger partial charge on any atom is 0.320 e. The van der Waals surface area contributed by atoms with Gasteiger partial charge in [-0.15, -0.1) is 0 Å². The number of aliphatic hydroxyl groups is 1. The summed E-state index contributed by atoms with van der Waals surface area (Å²) in [6, 6.07) is 0.645. The largest absolute Gasteiger partial charge is 0.390 e. The van der Waals surface area contributed by atoms with Gasteiger partial charge in [-0.1, -0.05) is 0 Å². The molecule has 3 atom stereocenters. The maximum atomic E-state index is 12.9. The second kappa shape index (κ2) is 4.00. The topological polar surface area (TPSA) is 43.8 Å². The van der Waals surface area contributed by atoms with Crippen molar-refractivity contribution < 1.29 is 9.90 Å². The molecule has 4 heteroatoms. The summed E-state index contributed by atoms with van der Waals surface area (Å²) in [4.78, 5) is 17.2. The van der Waals surface area contributed by atoms with E-state index in [1.165, 1.54) is 25.7 Å². The highest BCUT2D eigenvalue weighted by atomic mass is 16.3. The molecule has 1 aliphatic heterocycles. The number of likely N-dealkylation sites (N-methyl/N-ethyl adjacent to an activating group) is 1. The van der Waals surface area contributed by atoms with Gasteiger partial charge < -0.3 is 14.9 Å². The minimum absolute atomic E-state index is 0.0443. The molecular weight excluding hydrogens is 276 g/mol. The molecular formula is C18H28N2O2. The molecule has 2 amide bonds. The zero-order valence-electron chi connectivity index (χ0n) is 13.8. The first-order valence-corrected chi connectivity index (χ1v) is 9.16. The molecule has 122 valence electrons. The molecule has 6 aliphatic rings. The molecule has 0 aromatic heterocycles. The molecule has 22 heavy (non-hydrogen) atoms. The number of hydrogen-bond donors (Lipinski definition) is 1. The molecule has 0 aromatic rings. The highest BCUT2D eigenvalue weighted by molar-refractivity contribution is 5.78. The van der Waals surface area contributed by atoms with Crippen molar-refractivity contribution in [3.63, 3.8) is 0 Å². The predicted molar refractivity (Wildman–Crippen MR) is 83.3 cm³/mol. The van der Waals surface area contributed by atoms with E-state index in [-0.39, 0.29) is 11.6 Å². The molecule has 1 N–H and O–H groups in total. The minimum Gasteiger partial charge on any atom is -0.390 e. The van der Waals surface area contributed by atoms with Gasteiger partial charge in [-0.25, -0.2) is 4.79 Å². The van der Waals surface area contributed by atoms with Crippen LogP contribution in [0.5, 0.6) is 0 Å². The van der Waals surface area contributed by atoms with Crippen LogP contribution in [-0.4, -0.2) is 51.7 Å². The van der Waals surface area contributed by atoms with Gasteiger partial charge in [0.05, 0.1) is 11.1 Å². The number of urea groups is 1. The average Bonchev–Trinajstić information content (AvgIpc) is 3.23. The number of hydrogen-bond acceptors (Lipinski definition) is 2. The Balaban J connectivity index is 1.45. The van der Waals surface area contributed by atoms with Crippen molar-refractivity contribution in [2.75, 3.05) is 13.6 Å². The number of carbonyl (C=O) groups excluding carboxylic acids is 1. The SMILES string of the molecule is CN1C(=O)N(C2C3CC4CC2CC(O)(C4)C3)CC1(C)C1CC1. The first kappa shape index (κ1) is 13.6. The van der Waals surface area contributed by atoms with Crippen LogP contribution in [0.3, 0.4) is 0 Å². The summed E-state index contributed by atoms with van der Waals surface area (Å²) in [5.74, 6) is 2.49. The second-order valence-corrected chi connectivity index (χ2v) is 9.29. The van der Waals surface area contributed by atoms with Gasteiger partial charge in [0.1, 0.15) is 0 Å². The summed E-state index contributed by atoms with van der Waals surface area (Å²) in [6.07, 6.45) is 7.90. The number of amides is 2. The fourth-order valence-electron chi connectivity index (χ4n) is 6.73. The van der Waals surface area contributed by atoms with E-state index in [2.05, 4.69) is 11.8 Å². The first-order valence-electron chi connectivity index (χ1n) is 9.16. The molecule has 0 spiro atoms. The van der Waals surface area contributed by atoms with Crippen LogP contribution in [0.25, 0.3) is 0 Å². The van der Waals surface area contributed by atoms with Gasteiger partial charge in [0.15, 0.2) is 0 Å². The standard InChI is InChI=1S/C18H28N2O2/c1-17(14-3-4-14)10-20(16(21)19(17)2)15-12-5-11-6-13(15)9-18(22,7-11)8-12/h11-15,22H,3-10H2,1-2H3. The third-order valence-electron chi connectivity index (χ3n) is 7.80. The summed E-state index contributed by atoms with van der Waals surface area (Å²) >= 11 is 0. The Labute approximate surface area is 132 Å². The fraction of sp³-hybridized carbons (Fsp3) is 0.944. The van der Waals surface area contributed by atoms with E-state index in [4.69, 9.17) is 0 Å². The van der Waals surface area contributed by atoms with Gasteiger partial charge in [0.2, 0.25) is 0 Å². The van der Waals surface area contributed by atoms with Crippen LogP contribution < -0.4 is 0 Å². The van der Waals surface area contributed by atoms with Crippen LogP contribution in [-0.2, 0) is 0 Å². The summed E-state index contributed by atoms with van der Waals surface area (Å²) in [5.41, 5.74) is -0.357. The molecule has 5 saturated carbocycles. The monoisotopic (exact) mass is 304 g/mol. The molecule has 1 saturated heterocycles. The van der Waals surface area contributed by atoms with Crippen molar-refractivity contribution in [2.45, 2.75) is 69.1 Å². The lowest BCUT2D eigenvalue weighted by Gasteiger charge is -2.59. The number of nitrogens with zero attached hydrogens (tertiary/aromatic N) is 2. The molecule has 6 rings (SSSR count). The highest BCUT2D eigenvalue weighted by Gasteiger charge is 2.61. The van der Waals surface area contributed by atoms with Crippen LogP contribution in [0.1, 0.15) is 51.9 Å². The molecule has 5 aliphatic carbocycles. The molecule has 4 bridgehead atoms. The van der Waals surface area contributed by atoms with Crippen molar-refractivity contribution in [3.8, 4) is 0 Å². The van der Waals surface area contributed by atoms with E-state index in [9.17, 15) is 9.90 Å². The average molecular weight is 304 g/mol. The van der Waals surface area contributed by atoms with E-state index in [0.717, 1.165) is 25.8 Å². The third-order valence-corrected chi connectivity index (χ3v) is 7.80. The van der Waals surface area contributed by atoms with E-state index in [1.807, 2.05) is 11.9 Å². The quantitative estimate of drug-likeness (QED) is 0.851. The Hall–Kier alpha value is -0.770. The van der Waals surface area contributed by atoms with Crippen molar-refractivity contribution in [1.82, 2.24) is 9.80 Å². The molecule has 4 nitrogen and oxygen atoms in total. The van der Waals surface area contributed by atoms with E-state index < -0.39 is 5.60 Å². The lowest BCUT2D eigenvalue weighted by atomic mass is 9.52. The van der Waals surface area contributed by atoms with Crippen molar-refractivity contribution in [1.29, 1.82) is 0 Å². The molecule has 3 unspecified atom stereocenters. The van der Waals surface area contributed by atoms with Crippen molar-refractivity contribution >= 4 is 6.03 Å². The van der Waals surface area contributed by atoms with Crippen LogP contribution in [0.4, 0.5) is 4.79 Å². The summed E-state index contributed by atoms with van der Waals surface area (Å²) in [7, 11) is 2.00. The lowest BCUT2D eigenvalue weighted by molar-refractivity contribution is -0.152. The summed E-state index contributed by atoms with van der Waals surface area (Å²) in [5, 5.41) is 10.8. The Morgan fingerprint density at radius 1 is 1.14 bits per heavy atom. The lowest BCUT2D eigenvalue weighted by Crippen LogP contribution is -2.62. The Kier molecular flexibility index (Phi) is 2.48. The van der Waals surface area contributed by atoms with Gasteiger partial charge >= 0.3 is 6.03 Å². The molecule has 0 aromatic carbocycles. The number of carbonyl (C=O) groups is 1. The zero-order chi connectivity index (χ0) is 15.3. The van der Waals surface area contributed by atoms with Crippen LogP contribution >= 0.6 is 0 Å². The minimum atomic E-state index is -0.401. The number of rotatable bonds is 2. The second-order valence-electron chi connectivity index (χ2n) is 9.29. The normalized spacial score (nSPS) is 53.7. The van der Waals surface area contributed by atoms with Crippen molar-refractivity contribution in [2.24, 2.45) is 23.7 Å². The van der Waals surface area contributed by atoms with Gasteiger partial charge in [0, 0.05) is 19.6 Å². The van der Waals surface area contributed by atoms with Crippen LogP contribution in [0, 0.1) is 23.7 Å². The summed E-state index contributed by atoms with van der Waals surface area (Å²) < 4.78 is 0. The molecule has 1 heterocycles. The zero-order valence-corrected chi connectivity index (χ0v) is 13.8.